The van der Waals surface area contributed by atoms with Gasteiger partial charge in [0.1, 0.15) is 0 Å². The third-order valence-electron chi connectivity index (χ3n) is 5.23. The van der Waals surface area contributed by atoms with Crippen LogP contribution in [0.15, 0.2) is 23.2 Å². The monoisotopic (exact) mass is 377 g/mol. The largest absolute Gasteiger partial charge is 0.493 e. The molecule has 2 unspecified atom stereocenters. The molecule has 0 amide bonds. The smallest absolute Gasteiger partial charge is 0.191 e. The van der Waals surface area contributed by atoms with E-state index >= 15 is 0 Å². The summed E-state index contributed by atoms with van der Waals surface area (Å²) in [6, 6.07) is 5.89. The van der Waals surface area contributed by atoms with Gasteiger partial charge in [-0.1, -0.05) is 25.8 Å². The first kappa shape index (κ1) is 21.4. The summed E-state index contributed by atoms with van der Waals surface area (Å²) < 4.78 is 11.0. The average molecular weight is 378 g/mol. The molecule has 0 saturated heterocycles. The van der Waals surface area contributed by atoms with Gasteiger partial charge in [-0.15, -0.1) is 0 Å². The molecule has 0 aromatic heterocycles. The van der Waals surface area contributed by atoms with Crippen molar-refractivity contribution in [3.63, 3.8) is 0 Å². The first-order valence-electron chi connectivity index (χ1n) is 10.0. The Kier molecular flexibility index (Phi) is 8.23. The van der Waals surface area contributed by atoms with Crippen molar-refractivity contribution in [2.75, 3.05) is 26.8 Å². The molecule has 2 atom stereocenters. The van der Waals surface area contributed by atoms with Crippen molar-refractivity contribution in [1.29, 1.82) is 0 Å². The molecule has 1 saturated carbocycles. The molecule has 0 bridgehead atoms. The number of aliphatic hydroxyl groups excluding tert-OH is 1. The highest BCUT2D eigenvalue weighted by molar-refractivity contribution is 5.79. The third kappa shape index (κ3) is 6.03. The molecule has 0 spiro atoms. The van der Waals surface area contributed by atoms with Crippen molar-refractivity contribution in [3.05, 3.63) is 23.8 Å². The zero-order valence-electron chi connectivity index (χ0n) is 17.2. The summed E-state index contributed by atoms with van der Waals surface area (Å²) in [5, 5.41) is 17.1. The minimum absolute atomic E-state index is 0.101. The molecule has 3 N–H and O–H groups in total. The summed E-state index contributed by atoms with van der Waals surface area (Å²) in [6.45, 7) is 8.80. The summed E-state index contributed by atoms with van der Waals surface area (Å²) in [4.78, 5) is 4.70. The van der Waals surface area contributed by atoms with E-state index in [-0.39, 0.29) is 11.5 Å². The van der Waals surface area contributed by atoms with Crippen LogP contribution in [0, 0.1) is 5.41 Å². The van der Waals surface area contributed by atoms with Gasteiger partial charge < -0.3 is 25.2 Å². The van der Waals surface area contributed by atoms with Gasteiger partial charge in [0, 0.05) is 18.5 Å². The van der Waals surface area contributed by atoms with Crippen LogP contribution in [-0.2, 0) is 6.54 Å². The fourth-order valence-electron chi connectivity index (χ4n) is 3.47. The number of aliphatic hydroxyl groups is 1. The molecule has 0 heterocycles. The van der Waals surface area contributed by atoms with E-state index in [4.69, 9.17) is 14.5 Å². The zero-order valence-corrected chi connectivity index (χ0v) is 17.2. The standard InChI is InChI=1S/C21H35N3O3/c1-5-22-20(24-15-21(3)12-8-7-9-19(21)25)23-14-16-10-11-17(26-4)18(13-16)27-6-2/h10-11,13,19,25H,5-9,12,14-15H2,1-4H3,(H2,22,23,24). The van der Waals surface area contributed by atoms with E-state index < -0.39 is 0 Å². The van der Waals surface area contributed by atoms with E-state index in [1.807, 2.05) is 25.1 Å². The molecule has 6 nitrogen and oxygen atoms in total. The van der Waals surface area contributed by atoms with Crippen molar-refractivity contribution in [2.24, 2.45) is 10.4 Å². The van der Waals surface area contributed by atoms with E-state index in [1.54, 1.807) is 7.11 Å². The molecule has 6 heteroatoms. The lowest BCUT2D eigenvalue weighted by Gasteiger charge is -2.38. The molecule has 2 rings (SSSR count). The van der Waals surface area contributed by atoms with Crippen LogP contribution in [-0.4, -0.2) is 44.0 Å². The van der Waals surface area contributed by atoms with Crippen LogP contribution in [0.1, 0.15) is 52.0 Å². The quantitative estimate of drug-likeness (QED) is 0.479. The molecule has 1 aromatic rings. The third-order valence-corrected chi connectivity index (χ3v) is 5.23. The second-order valence-corrected chi connectivity index (χ2v) is 7.38. The summed E-state index contributed by atoms with van der Waals surface area (Å²) in [5.74, 6) is 2.24. The van der Waals surface area contributed by atoms with Crippen molar-refractivity contribution in [1.82, 2.24) is 10.6 Å². The predicted octanol–water partition coefficient (Wildman–Crippen LogP) is 3.09. The highest BCUT2D eigenvalue weighted by Gasteiger charge is 2.35. The summed E-state index contributed by atoms with van der Waals surface area (Å²) >= 11 is 0. The molecule has 27 heavy (non-hydrogen) atoms. The van der Waals surface area contributed by atoms with E-state index in [1.165, 1.54) is 6.42 Å². The Labute approximate surface area is 163 Å². The molecule has 152 valence electrons. The molecular weight excluding hydrogens is 342 g/mol. The Morgan fingerprint density at radius 2 is 2.07 bits per heavy atom. The number of hydrogen-bond acceptors (Lipinski definition) is 4. The number of aliphatic imine (C=N–C) groups is 1. The first-order valence-corrected chi connectivity index (χ1v) is 10.0. The molecular formula is C21H35N3O3. The van der Waals surface area contributed by atoms with Crippen molar-refractivity contribution >= 4 is 5.96 Å². The zero-order chi connectivity index (χ0) is 19.7. The molecule has 1 aromatic carbocycles. The lowest BCUT2D eigenvalue weighted by Crippen LogP contribution is -2.48. The number of hydrogen-bond donors (Lipinski definition) is 3. The molecule has 1 fully saturated rings. The second kappa shape index (κ2) is 10.4. The Hall–Kier alpha value is -1.95. The average Bonchev–Trinajstić information content (AvgIpc) is 2.67. The Morgan fingerprint density at radius 1 is 1.26 bits per heavy atom. The number of ether oxygens (including phenoxy) is 2. The highest BCUT2D eigenvalue weighted by atomic mass is 16.5. The topological polar surface area (TPSA) is 75.1 Å². The summed E-state index contributed by atoms with van der Waals surface area (Å²) in [5.41, 5.74) is 0.955. The minimum Gasteiger partial charge on any atom is -0.493 e. The van der Waals surface area contributed by atoms with Gasteiger partial charge in [-0.2, -0.15) is 0 Å². The Balaban J connectivity index is 2.03. The maximum atomic E-state index is 10.4. The van der Waals surface area contributed by atoms with Gasteiger partial charge in [0.05, 0.1) is 26.4 Å². The van der Waals surface area contributed by atoms with Crippen LogP contribution >= 0.6 is 0 Å². The van der Waals surface area contributed by atoms with Crippen LogP contribution in [0.2, 0.25) is 0 Å². The molecule has 0 radical (unpaired) electrons. The van der Waals surface area contributed by atoms with Gasteiger partial charge >= 0.3 is 0 Å². The summed E-state index contributed by atoms with van der Waals surface area (Å²) in [6.07, 6.45) is 3.96. The molecule has 1 aliphatic rings. The van der Waals surface area contributed by atoms with E-state index in [0.717, 1.165) is 48.8 Å². The SMILES string of the molecule is CCNC(=NCc1ccc(OC)c(OCC)c1)NCC1(C)CCCCC1O. The van der Waals surface area contributed by atoms with Gasteiger partial charge in [-0.05, 0) is 44.4 Å². The van der Waals surface area contributed by atoms with Crippen molar-refractivity contribution < 1.29 is 14.6 Å². The second-order valence-electron chi connectivity index (χ2n) is 7.38. The normalized spacial score (nSPS) is 23.0. The van der Waals surface area contributed by atoms with E-state index in [0.29, 0.717) is 19.7 Å². The van der Waals surface area contributed by atoms with Gasteiger partial charge in [0.15, 0.2) is 17.5 Å². The highest BCUT2D eigenvalue weighted by Crippen LogP contribution is 2.35. The Bertz CT molecular complexity index is 621. The summed E-state index contributed by atoms with van der Waals surface area (Å²) in [7, 11) is 1.64. The molecule has 0 aliphatic heterocycles. The first-order chi connectivity index (χ1) is 13.0. The van der Waals surface area contributed by atoms with Crippen LogP contribution in [0.4, 0.5) is 0 Å². The number of nitrogens with zero attached hydrogens (tertiary/aromatic N) is 1. The van der Waals surface area contributed by atoms with Gasteiger partial charge in [0.25, 0.3) is 0 Å². The van der Waals surface area contributed by atoms with Gasteiger partial charge in [-0.25, -0.2) is 4.99 Å². The van der Waals surface area contributed by atoms with Crippen molar-refractivity contribution in [3.8, 4) is 11.5 Å². The number of guanidine groups is 1. The van der Waals surface area contributed by atoms with Crippen LogP contribution in [0.3, 0.4) is 0 Å². The maximum absolute atomic E-state index is 10.4. The van der Waals surface area contributed by atoms with Gasteiger partial charge in [0.2, 0.25) is 0 Å². The van der Waals surface area contributed by atoms with Gasteiger partial charge in [-0.3, -0.25) is 0 Å². The van der Waals surface area contributed by atoms with Crippen molar-refractivity contribution in [2.45, 2.75) is 59.1 Å². The fourth-order valence-corrected chi connectivity index (χ4v) is 3.47. The number of rotatable bonds is 8. The molecule has 1 aliphatic carbocycles. The lowest BCUT2D eigenvalue weighted by atomic mass is 9.73. The lowest BCUT2D eigenvalue weighted by molar-refractivity contribution is 0.00397. The maximum Gasteiger partial charge on any atom is 0.191 e. The fraction of sp³-hybridized carbons (Fsp3) is 0.667. The minimum atomic E-state index is -0.253. The predicted molar refractivity (Wildman–Crippen MR) is 110 cm³/mol. The number of nitrogens with one attached hydrogen (secondary N) is 2. The van der Waals surface area contributed by atoms with Crippen LogP contribution in [0.5, 0.6) is 11.5 Å². The number of benzene rings is 1. The Morgan fingerprint density at radius 3 is 2.74 bits per heavy atom. The number of methoxy groups -OCH3 is 1. The van der Waals surface area contributed by atoms with Crippen LogP contribution < -0.4 is 20.1 Å². The van der Waals surface area contributed by atoms with E-state index in [2.05, 4.69) is 24.5 Å². The van der Waals surface area contributed by atoms with Crippen LogP contribution in [0.25, 0.3) is 0 Å². The van der Waals surface area contributed by atoms with E-state index in [9.17, 15) is 5.11 Å².